The normalized spacial score (nSPS) is 11.8. The summed E-state index contributed by atoms with van der Waals surface area (Å²) in [5.74, 6) is 0. The van der Waals surface area contributed by atoms with E-state index in [4.69, 9.17) is 8.83 Å². The number of hydrogen-bond acceptors (Lipinski definition) is 2. The summed E-state index contributed by atoms with van der Waals surface area (Å²) in [5, 5.41) is 4.38. The van der Waals surface area contributed by atoms with E-state index in [9.17, 15) is 0 Å². The third-order valence-corrected chi connectivity index (χ3v) is 7.46. The minimum Gasteiger partial charge on any atom is -0.456 e. The molecule has 0 bridgehead atoms. The maximum Gasteiger partial charge on any atom is 0.136 e. The Morgan fingerprint density at radius 1 is 0.389 bits per heavy atom. The fraction of sp³-hybridized carbons (Fsp3) is 0.118. The van der Waals surface area contributed by atoms with E-state index in [1.165, 1.54) is 22.3 Å². The highest BCUT2D eigenvalue weighted by molar-refractivity contribution is 6.15. The maximum atomic E-state index is 6.36. The summed E-state index contributed by atoms with van der Waals surface area (Å²) >= 11 is 0. The first-order chi connectivity index (χ1) is 17.7. The summed E-state index contributed by atoms with van der Waals surface area (Å²) in [7, 11) is 0. The molecular formula is C34H26O2. The van der Waals surface area contributed by atoms with E-state index in [-0.39, 0.29) is 0 Å². The number of aryl methyl sites for hydroxylation is 2. The van der Waals surface area contributed by atoms with Crippen molar-refractivity contribution in [1.29, 1.82) is 0 Å². The van der Waals surface area contributed by atoms with Crippen LogP contribution in [0.2, 0.25) is 0 Å². The van der Waals surface area contributed by atoms with Crippen LogP contribution in [0, 0.1) is 0 Å². The summed E-state index contributed by atoms with van der Waals surface area (Å²) in [4.78, 5) is 0. The zero-order chi connectivity index (χ0) is 24.2. The number of benzene rings is 5. The highest BCUT2D eigenvalue weighted by Gasteiger charge is 2.15. The Hall–Kier alpha value is -4.30. The molecular weight excluding hydrogens is 440 g/mol. The second-order valence-corrected chi connectivity index (χ2v) is 9.57. The van der Waals surface area contributed by atoms with E-state index < -0.39 is 0 Å². The molecule has 2 heteroatoms. The molecule has 2 aromatic heterocycles. The van der Waals surface area contributed by atoms with Crippen LogP contribution in [-0.2, 0) is 12.8 Å². The van der Waals surface area contributed by atoms with Crippen molar-refractivity contribution >= 4 is 43.9 Å². The van der Waals surface area contributed by atoms with Gasteiger partial charge in [-0.2, -0.15) is 0 Å². The Labute approximate surface area is 209 Å². The van der Waals surface area contributed by atoms with Crippen molar-refractivity contribution in [3.05, 3.63) is 108 Å². The molecule has 0 aliphatic rings. The molecule has 0 unspecified atom stereocenters. The zero-order valence-electron chi connectivity index (χ0n) is 20.5. The van der Waals surface area contributed by atoms with Gasteiger partial charge >= 0.3 is 0 Å². The lowest BCUT2D eigenvalue weighted by Crippen LogP contribution is -1.81. The quantitative estimate of drug-likeness (QED) is 0.258. The molecule has 36 heavy (non-hydrogen) atoms. The number of furan rings is 2. The molecule has 174 valence electrons. The fourth-order valence-electron chi connectivity index (χ4n) is 5.27. The van der Waals surface area contributed by atoms with Crippen LogP contribution in [0.15, 0.2) is 106 Å². The van der Waals surface area contributed by atoms with Gasteiger partial charge in [-0.05, 0) is 82.6 Å². The topological polar surface area (TPSA) is 26.3 Å². The van der Waals surface area contributed by atoms with Crippen LogP contribution in [0.25, 0.3) is 66.1 Å². The molecule has 2 heterocycles. The average Bonchev–Trinajstić information content (AvgIpc) is 3.48. The fourth-order valence-corrected chi connectivity index (χ4v) is 5.27. The number of rotatable bonds is 4. The van der Waals surface area contributed by atoms with E-state index in [0.717, 1.165) is 67.8 Å². The minimum absolute atomic E-state index is 0.887. The predicted molar refractivity (Wildman–Crippen MR) is 151 cm³/mol. The molecule has 0 saturated carbocycles. The number of hydrogen-bond donors (Lipinski definition) is 0. The van der Waals surface area contributed by atoms with Crippen LogP contribution in [0.5, 0.6) is 0 Å². The maximum absolute atomic E-state index is 6.36. The van der Waals surface area contributed by atoms with Gasteiger partial charge < -0.3 is 8.83 Å². The van der Waals surface area contributed by atoms with E-state index >= 15 is 0 Å². The second-order valence-electron chi connectivity index (χ2n) is 9.57. The first kappa shape index (κ1) is 21.0. The molecule has 2 nitrogen and oxygen atoms in total. The molecule has 0 saturated heterocycles. The summed E-state index contributed by atoms with van der Waals surface area (Å²) < 4.78 is 12.7. The first-order valence-electron chi connectivity index (χ1n) is 12.7. The molecule has 0 aliphatic carbocycles. The van der Waals surface area contributed by atoms with Gasteiger partial charge in [0.2, 0.25) is 0 Å². The molecule has 5 aromatic carbocycles. The van der Waals surface area contributed by atoms with Crippen molar-refractivity contribution in [3.8, 4) is 22.3 Å². The molecule has 0 aliphatic heterocycles. The molecule has 0 amide bonds. The molecule has 7 rings (SSSR count). The lowest BCUT2D eigenvalue weighted by molar-refractivity contribution is 0.664. The second kappa shape index (κ2) is 8.13. The predicted octanol–water partition coefficient (Wildman–Crippen LogP) is 9.94. The van der Waals surface area contributed by atoms with E-state index in [1.54, 1.807) is 0 Å². The van der Waals surface area contributed by atoms with Crippen LogP contribution in [-0.4, -0.2) is 0 Å². The Morgan fingerprint density at radius 3 is 1.14 bits per heavy atom. The van der Waals surface area contributed by atoms with Gasteiger partial charge in [0.15, 0.2) is 0 Å². The van der Waals surface area contributed by atoms with Crippen molar-refractivity contribution in [2.45, 2.75) is 26.7 Å². The lowest BCUT2D eigenvalue weighted by Gasteiger charge is -2.03. The van der Waals surface area contributed by atoms with Crippen LogP contribution in [0.3, 0.4) is 0 Å². The van der Waals surface area contributed by atoms with Crippen LogP contribution in [0.1, 0.15) is 25.0 Å². The Morgan fingerprint density at radius 2 is 0.750 bits per heavy atom. The Kier molecular flexibility index (Phi) is 4.75. The lowest BCUT2D eigenvalue weighted by atomic mass is 10.0. The number of fused-ring (bicyclic) bond motifs is 6. The molecule has 0 radical (unpaired) electrons. The summed E-state index contributed by atoms with van der Waals surface area (Å²) in [6.45, 7) is 4.36. The highest BCUT2D eigenvalue weighted by Crippen LogP contribution is 2.39. The third kappa shape index (κ3) is 3.33. The van der Waals surface area contributed by atoms with E-state index in [2.05, 4.69) is 111 Å². The van der Waals surface area contributed by atoms with E-state index in [0.29, 0.717) is 0 Å². The van der Waals surface area contributed by atoms with Gasteiger partial charge in [0.05, 0.1) is 0 Å². The highest BCUT2D eigenvalue weighted by atomic mass is 16.3. The third-order valence-electron chi connectivity index (χ3n) is 7.46. The summed E-state index contributed by atoms with van der Waals surface area (Å²) in [5.41, 5.74) is 11.0. The van der Waals surface area contributed by atoms with Gasteiger partial charge in [0.25, 0.3) is 0 Å². The van der Waals surface area contributed by atoms with Crippen molar-refractivity contribution in [2.75, 3.05) is 0 Å². The van der Waals surface area contributed by atoms with Crippen LogP contribution in [0.4, 0.5) is 0 Å². The molecule has 0 fully saturated rings. The average molecular weight is 467 g/mol. The summed E-state index contributed by atoms with van der Waals surface area (Å²) in [6.07, 6.45) is 2.10. The van der Waals surface area contributed by atoms with Gasteiger partial charge in [0, 0.05) is 21.5 Å². The van der Waals surface area contributed by atoms with Crippen LogP contribution < -0.4 is 0 Å². The molecule has 0 N–H and O–H groups in total. The largest absolute Gasteiger partial charge is 0.456 e. The van der Waals surface area contributed by atoms with Gasteiger partial charge in [0.1, 0.15) is 22.3 Å². The SMILES string of the molecule is CCc1ccc(-c2ccc3c(c2)oc2cc4c(cc23)oc2cc(-c3ccc(CC)cc3)ccc24)cc1. The standard InChI is InChI=1S/C34H26O2/c1-3-21-5-9-23(10-6-21)25-13-15-27-29-19-34-30(20-33(29)35-31(27)17-25)28-16-14-26(18-32(28)36-34)24-11-7-22(4-2)8-12-24/h5-20H,3-4H2,1-2H3. The zero-order valence-corrected chi connectivity index (χ0v) is 20.5. The smallest absolute Gasteiger partial charge is 0.136 e. The van der Waals surface area contributed by atoms with E-state index in [1.807, 2.05) is 0 Å². The first-order valence-corrected chi connectivity index (χ1v) is 12.7. The van der Waals surface area contributed by atoms with Gasteiger partial charge in [-0.3, -0.25) is 0 Å². The Balaban J connectivity index is 1.32. The van der Waals surface area contributed by atoms with Crippen LogP contribution >= 0.6 is 0 Å². The van der Waals surface area contributed by atoms with Crippen molar-refractivity contribution < 1.29 is 8.83 Å². The Bertz CT molecular complexity index is 1740. The molecule has 0 spiro atoms. The monoisotopic (exact) mass is 466 g/mol. The van der Waals surface area contributed by atoms with Crippen molar-refractivity contribution in [3.63, 3.8) is 0 Å². The van der Waals surface area contributed by atoms with Gasteiger partial charge in [-0.1, -0.05) is 74.5 Å². The summed E-state index contributed by atoms with van der Waals surface area (Å²) in [6, 6.07) is 34.8. The van der Waals surface area contributed by atoms with Crippen molar-refractivity contribution in [1.82, 2.24) is 0 Å². The van der Waals surface area contributed by atoms with Gasteiger partial charge in [-0.25, -0.2) is 0 Å². The van der Waals surface area contributed by atoms with Crippen molar-refractivity contribution in [2.24, 2.45) is 0 Å². The minimum atomic E-state index is 0.887. The van der Waals surface area contributed by atoms with Gasteiger partial charge in [-0.15, -0.1) is 0 Å². The molecule has 7 aromatic rings. The molecule has 0 atom stereocenters.